The number of ether oxygens (including phenoxy) is 2. The van der Waals surface area contributed by atoms with Crippen LogP contribution in [-0.4, -0.2) is 47.1 Å². The number of Topliss-reactive ketones (excluding diaryl/α,β-unsaturated/α-hetero) is 1. The van der Waals surface area contributed by atoms with Crippen LogP contribution < -0.4 is 9.47 Å². The molecule has 0 spiro atoms. The highest BCUT2D eigenvalue weighted by atomic mass is 35.5. The van der Waals surface area contributed by atoms with Crippen LogP contribution in [0, 0.1) is 5.92 Å². The Morgan fingerprint density at radius 1 is 1.03 bits per heavy atom. The van der Waals surface area contributed by atoms with Crippen LogP contribution in [0.2, 0.25) is 5.02 Å². The van der Waals surface area contributed by atoms with E-state index in [1.165, 1.54) is 12.8 Å². The summed E-state index contributed by atoms with van der Waals surface area (Å²) in [6, 6.07) is 15.0. The molecule has 5 nitrogen and oxygen atoms in total. The molecule has 2 aromatic carbocycles. The van der Waals surface area contributed by atoms with Crippen LogP contribution in [-0.2, 0) is 6.54 Å². The highest BCUT2D eigenvalue weighted by molar-refractivity contribution is 6.30. The number of carbonyl (C=O) groups is 1. The zero-order chi connectivity index (χ0) is 25.2. The fourth-order valence-electron chi connectivity index (χ4n) is 6.11. The normalized spacial score (nSPS) is 21.9. The minimum absolute atomic E-state index is 0.211. The minimum Gasteiger partial charge on any atom is -0.497 e. The van der Waals surface area contributed by atoms with Gasteiger partial charge in [-0.05, 0) is 80.5 Å². The van der Waals surface area contributed by atoms with Crippen molar-refractivity contribution in [2.24, 2.45) is 5.92 Å². The van der Waals surface area contributed by atoms with Gasteiger partial charge >= 0.3 is 0 Å². The molecule has 0 radical (unpaired) electrons. The van der Waals surface area contributed by atoms with E-state index >= 15 is 0 Å². The third-order valence-electron chi connectivity index (χ3n) is 7.76. The second-order valence-electron chi connectivity index (χ2n) is 10.8. The third kappa shape index (κ3) is 5.42. The van der Waals surface area contributed by atoms with E-state index in [2.05, 4.69) is 35.6 Å². The van der Waals surface area contributed by atoms with Crippen LogP contribution >= 0.6 is 11.6 Å². The molecule has 2 unspecified atom stereocenters. The third-order valence-corrected chi connectivity index (χ3v) is 8.01. The zero-order valence-electron chi connectivity index (χ0n) is 21.6. The number of ketones is 1. The summed E-state index contributed by atoms with van der Waals surface area (Å²) >= 11 is 6.02. The Morgan fingerprint density at radius 2 is 1.72 bits per heavy atom. The average molecular weight is 509 g/mol. The van der Waals surface area contributed by atoms with Gasteiger partial charge in [0.15, 0.2) is 5.78 Å². The van der Waals surface area contributed by atoms with E-state index in [1.807, 2.05) is 36.4 Å². The molecular formula is C30H37ClN2O3. The number of hydrogen-bond donors (Lipinski definition) is 0. The van der Waals surface area contributed by atoms with Crippen LogP contribution in [0.4, 0.5) is 0 Å². The molecule has 6 heteroatoms. The largest absolute Gasteiger partial charge is 0.497 e. The number of carbonyl (C=O) groups excluding carboxylic acids is 1. The van der Waals surface area contributed by atoms with Gasteiger partial charge in [0.2, 0.25) is 0 Å². The summed E-state index contributed by atoms with van der Waals surface area (Å²) in [5.41, 5.74) is 1.93. The highest BCUT2D eigenvalue weighted by Gasteiger charge is 2.41. The second kappa shape index (κ2) is 10.9. The molecule has 2 atom stereocenters. The maximum atomic E-state index is 13.0. The van der Waals surface area contributed by atoms with Crippen LogP contribution in [0.3, 0.4) is 0 Å². The average Bonchev–Trinajstić information content (AvgIpc) is 3.33. The van der Waals surface area contributed by atoms with Gasteiger partial charge in [0.1, 0.15) is 17.6 Å². The molecule has 0 amide bonds. The topological polar surface area (TPSA) is 43.7 Å². The van der Waals surface area contributed by atoms with Gasteiger partial charge in [-0.3, -0.25) is 9.69 Å². The Hall–Kier alpha value is -2.50. The fraction of sp³-hybridized carbons (Fsp3) is 0.500. The summed E-state index contributed by atoms with van der Waals surface area (Å²) in [6.45, 7) is 6.16. The van der Waals surface area contributed by atoms with Gasteiger partial charge in [0.25, 0.3) is 0 Å². The molecule has 0 aliphatic carbocycles. The number of methoxy groups -OCH3 is 1. The number of benzene rings is 2. The molecule has 2 bridgehead atoms. The first-order valence-corrected chi connectivity index (χ1v) is 13.7. The molecule has 36 heavy (non-hydrogen) atoms. The Kier molecular flexibility index (Phi) is 7.59. The molecule has 1 aromatic heterocycles. The molecule has 0 saturated carbocycles. The lowest BCUT2D eigenvalue weighted by Crippen LogP contribution is -2.46. The lowest BCUT2D eigenvalue weighted by molar-refractivity contribution is 0.0482. The number of aromatic nitrogens is 1. The van der Waals surface area contributed by atoms with E-state index in [4.69, 9.17) is 21.1 Å². The van der Waals surface area contributed by atoms with Gasteiger partial charge in [0, 0.05) is 59.3 Å². The number of nitrogens with zero attached hydrogens (tertiary/aromatic N) is 2. The standard InChI is InChI=1S/C30H37ClN2O3/c1-20(2)15-30(34)28-19-32(29-12-11-25(35-3)18-27(28)29)13-4-14-33-22-7-8-23(33)17-26(16-22)36-24-9-5-21(31)6-10-24/h5-6,9-12,18-20,22-23,26H,4,7-8,13-17H2,1-3H3. The van der Waals surface area contributed by atoms with E-state index in [0.29, 0.717) is 24.4 Å². The highest BCUT2D eigenvalue weighted by Crippen LogP contribution is 2.37. The van der Waals surface area contributed by atoms with Gasteiger partial charge < -0.3 is 14.0 Å². The number of fused-ring (bicyclic) bond motifs is 3. The van der Waals surface area contributed by atoms with Crippen molar-refractivity contribution in [2.45, 2.75) is 77.1 Å². The van der Waals surface area contributed by atoms with E-state index < -0.39 is 0 Å². The fourth-order valence-corrected chi connectivity index (χ4v) is 6.23. The van der Waals surface area contributed by atoms with Crippen molar-refractivity contribution in [3.05, 3.63) is 59.2 Å². The molecular weight excluding hydrogens is 472 g/mol. The molecule has 3 aromatic rings. The smallest absolute Gasteiger partial charge is 0.165 e. The van der Waals surface area contributed by atoms with Gasteiger partial charge in [-0.2, -0.15) is 0 Å². The number of rotatable bonds is 10. The summed E-state index contributed by atoms with van der Waals surface area (Å²) < 4.78 is 14.0. The number of piperidine rings is 1. The van der Waals surface area contributed by atoms with Crippen LogP contribution in [0.25, 0.3) is 10.9 Å². The Bertz CT molecular complexity index is 1190. The second-order valence-corrected chi connectivity index (χ2v) is 11.2. The van der Waals surface area contributed by atoms with Crippen molar-refractivity contribution in [3.63, 3.8) is 0 Å². The van der Waals surface area contributed by atoms with Crippen molar-refractivity contribution in [1.82, 2.24) is 9.47 Å². The summed E-state index contributed by atoms with van der Waals surface area (Å²) in [7, 11) is 1.67. The Morgan fingerprint density at radius 3 is 2.39 bits per heavy atom. The number of hydrogen-bond acceptors (Lipinski definition) is 4. The minimum atomic E-state index is 0.211. The molecule has 2 aliphatic heterocycles. The molecule has 2 saturated heterocycles. The lowest BCUT2D eigenvalue weighted by atomic mass is 9.99. The predicted molar refractivity (Wildman–Crippen MR) is 146 cm³/mol. The first-order chi connectivity index (χ1) is 17.4. The summed E-state index contributed by atoms with van der Waals surface area (Å²) in [6.07, 6.45) is 8.64. The monoisotopic (exact) mass is 508 g/mol. The van der Waals surface area contributed by atoms with Crippen molar-refractivity contribution < 1.29 is 14.3 Å². The summed E-state index contributed by atoms with van der Waals surface area (Å²) in [4.78, 5) is 15.7. The Balaban J connectivity index is 1.23. The summed E-state index contributed by atoms with van der Waals surface area (Å²) in [5.74, 6) is 2.25. The lowest BCUT2D eigenvalue weighted by Gasteiger charge is -2.39. The first-order valence-electron chi connectivity index (χ1n) is 13.3. The van der Waals surface area contributed by atoms with E-state index in [-0.39, 0.29) is 11.9 Å². The Labute approximate surface area is 219 Å². The molecule has 2 fully saturated rings. The maximum absolute atomic E-state index is 13.0. The van der Waals surface area contributed by atoms with Crippen molar-refractivity contribution in [2.75, 3.05) is 13.7 Å². The van der Waals surface area contributed by atoms with Gasteiger partial charge in [0.05, 0.1) is 7.11 Å². The van der Waals surface area contributed by atoms with E-state index in [9.17, 15) is 4.79 Å². The van der Waals surface area contributed by atoms with E-state index in [0.717, 1.165) is 65.3 Å². The van der Waals surface area contributed by atoms with Gasteiger partial charge in [-0.1, -0.05) is 25.4 Å². The molecule has 0 N–H and O–H groups in total. The van der Waals surface area contributed by atoms with Crippen LogP contribution in [0.15, 0.2) is 48.7 Å². The summed E-state index contributed by atoms with van der Waals surface area (Å²) in [5, 5.41) is 1.74. The molecule has 192 valence electrons. The first kappa shape index (κ1) is 25.2. The predicted octanol–water partition coefficient (Wildman–Crippen LogP) is 7.00. The quantitative estimate of drug-likeness (QED) is 0.277. The number of aryl methyl sites for hydroxylation is 1. The zero-order valence-corrected chi connectivity index (χ0v) is 22.3. The van der Waals surface area contributed by atoms with Crippen molar-refractivity contribution >= 4 is 28.3 Å². The molecule has 3 heterocycles. The van der Waals surface area contributed by atoms with Crippen LogP contribution in [0.1, 0.15) is 62.7 Å². The molecule has 2 aliphatic rings. The maximum Gasteiger partial charge on any atom is 0.165 e. The number of halogens is 1. The van der Waals surface area contributed by atoms with E-state index in [1.54, 1.807) is 7.11 Å². The molecule has 5 rings (SSSR count). The van der Waals surface area contributed by atoms with Gasteiger partial charge in [-0.15, -0.1) is 0 Å². The van der Waals surface area contributed by atoms with Gasteiger partial charge in [-0.25, -0.2) is 0 Å². The SMILES string of the molecule is COc1ccc2c(c1)c(C(=O)CC(C)C)cn2CCCN1C2CCC1CC(Oc1ccc(Cl)cc1)C2. The van der Waals surface area contributed by atoms with Crippen LogP contribution in [0.5, 0.6) is 11.5 Å². The van der Waals surface area contributed by atoms with Crippen molar-refractivity contribution in [1.29, 1.82) is 0 Å². The van der Waals surface area contributed by atoms with Crippen molar-refractivity contribution in [3.8, 4) is 11.5 Å².